The number of rotatable bonds is 3. The first-order valence-electron chi connectivity index (χ1n) is 6.49. The van der Waals surface area contributed by atoms with Crippen molar-refractivity contribution < 1.29 is 9.31 Å². The van der Waals surface area contributed by atoms with Gasteiger partial charge in [-0.3, -0.25) is 0 Å². The fraction of sp³-hybridized carbons (Fsp3) is 0.571. The van der Waals surface area contributed by atoms with Gasteiger partial charge in [-0.25, -0.2) is 0 Å². The molecule has 0 spiro atoms. The van der Waals surface area contributed by atoms with Gasteiger partial charge in [-0.15, -0.1) is 0 Å². The second kappa shape index (κ2) is 5.70. The Hall–Kier alpha value is -0.795. The minimum absolute atomic E-state index is 0.0450. The molecule has 2 nitrogen and oxygen atoms in total. The third-order valence-electron chi connectivity index (χ3n) is 3.15. The lowest BCUT2D eigenvalue weighted by molar-refractivity contribution is 0.0178. The van der Waals surface area contributed by atoms with E-state index in [4.69, 9.17) is 9.31 Å². The molecular weight excluding hydrogens is 211 g/mol. The van der Waals surface area contributed by atoms with E-state index in [-0.39, 0.29) is 13.2 Å². The summed E-state index contributed by atoms with van der Waals surface area (Å²) in [7, 11) is -0.0450. The van der Waals surface area contributed by atoms with Crippen LogP contribution in [0.3, 0.4) is 0 Å². The van der Waals surface area contributed by atoms with Gasteiger partial charge in [0.15, 0.2) is 0 Å². The van der Waals surface area contributed by atoms with Crippen molar-refractivity contribution in [1.29, 1.82) is 0 Å². The van der Waals surface area contributed by atoms with Crippen LogP contribution in [0.25, 0.3) is 0 Å². The SMILES string of the molecule is CC(C)CB1OC[C@@H](C)[C@H](c2ccccc2)O1. The first-order chi connectivity index (χ1) is 8.16. The van der Waals surface area contributed by atoms with Crippen LogP contribution in [0.15, 0.2) is 30.3 Å². The van der Waals surface area contributed by atoms with Crippen molar-refractivity contribution in [3.8, 4) is 0 Å². The molecule has 0 aliphatic carbocycles. The molecule has 1 heterocycles. The highest BCUT2D eigenvalue weighted by molar-refractivity contribution is 6.44. The molecule has 92 valence electrons. The summed E-state index contributed by atoms with van der Waals surface area (Å²) in [5.74, 6) is 1.02. The number of hydrogen-bond acceptors (Lipinski definition) is 2. The maximum Gasteiger partial charge on any atom is 0.457 e. The minimum atomic E-state index is -0.0450. The van der Waals surface area contributed by atoms with Crippen molar-refractivity contribution in [3.63, 3.8) is 0 Å². The van der Waals surface area contributed by atoms with Gasteiger partial charge in [-0.2, -0.15) is 0 Å². The predicted molar refractivity (Wildman–Crippen MR) is 70.8 cm³/mol. The van der Waals surface area contributed by atoms with Crippen LogP contribution in [0.1, 0.15) is 32.4 Å². The molecule has 0 saturated carbocycles. The molecule has 0 radical (unpaired) electrons. The van der Waals surface area contributed by atoms with E-state index in [2.05, 4.69) is 45.0 Å². The zero-order valence-corrected chi connectivity index (χ0v) is 10.9. The standard InChI is InChI=1S/C14H21BO2/c1-11(2)9-15-16-10-12(3)14(17-15)13-7-5-4-6-8-13/h4-8,11-12,14H,9-10H2,1-3H3/t12-,14-/m1/s1. The Bertz CT molecular complexity index is 339. The van der Waals surface area contributed by atoms with Crippen LogP contribution >= 0.6 is 0 Å². The van der Waals surface area contributed by atoms with E-state index in [0.717, 1.165) is 12.9 Å². The lowest BCUT2D eigenvalue weighted by atomic mass is 9.75. The predicted octanol–water partition coefficient (Wildman–Crippen LogP) is 3.55. The molecule has 0 amide bonds. The molecule has 1 fully saturated rings. The van der Waals surface area contributed by atoms with Crippen LogP contribution in [0.5, 0.6) is 0 Å². The van der Waals surface area contributed by atoms with Gasteiger partial charge in [0.1, 0.15) is 0 Å². The summed E-state index contributed by atoms with van der Waals surface area (Å²) in [4.78, 5) is 0. The molecule has 1 aromatic carbocycles. The Morgan fingerprint density at radius 1 is 1.29 bits per heavy atom. The Labute approximate surface area is 104 Å². The van der Waals surface area contributed by atoms with Crippen molar-refractivity contribution >= 4 is 7.12 Å². The Balaban J connectivity index is 2.05. The van der Waals surface area contributed by atoms with E-state index in [1.165, 1.54) is 5.56 Å². The summed E-state index contributed by atoms with van der Waals surface area (Å²) < 4.78 is 11.8. The summed E-state index contributed by atoms with van der Waals surface area (Å²) in [6.45, 7) is 7.37. The van der Waals surface area contributed by atoms with Crippen LogP contribution in [-0.2, 0) is 9.31 Å². The van der Waals surface area contributed by atoms with Crippen LogP contribution < -0.4 is 0 Å². The Morgan fingerprint density at radius 2 is 2.00 bits per heavy atom. The maximum absolute atomic E-state index is 6.07. The molecule has 2 atom stereocenters. The van der Waals surface area contributed by atoms with E-state index < -0.39 is 0 Å². The summed E-state index contributed by atoms with van der Waals surface area (Å²) in [6, 6.07) is 10.5. The fourth-order valence-electron chi connectivity index (χ4n) is 2.24. The van der Waals surface area contributed by atoms with Crippen LogP contribution in [0, 0.1) is 11.8 Å². The largest absolute Gasteiger partial charge is 0.457 e. The van der Waals surface area contributed by atoms with Gasteiger partial charge < -0.3 is 9.31 Å². The molecule has 0 unspecified atom stereocenters. The minimum Gasteiger partial charge on any atom is -0.411 e. The van der Waals surface area contributed by atoms with Gasteiger partial charge in [0.2, 0.25) is 0 Å². The number of hydrogen-bond donors (Lipinski definition) is 0. The third kappa shape index (κ3) is 3.33. The van der Waals surface area contributed by atoms with E-state index >= 15 is 0 Å². The summed E-state index contributed by atoms with van der Waals surface area (Å²) >= 11 is 0. The van der Waals surface area contributed by atoms with Crippen LogP contribution in [0.2, 0.25) is 6.32 Å². The molecule has 1 saturated heterocycles. The quantitative estimate of drug-likeness (QED) is 0.742. The molecule has 1 aromatic rings. The van der Waals surface area contributed by atoms with E-state index in [0.29, 0.717) is 11.8 Å². The van der Waals surface area contributed by atoms with Crippen LogP contribution in [0.4, 0.5) is 0 Å². The summed E-state index contributed by atoms with van der Waals surface area (Å²) in [5, 5.41) is 0. The highest BCUT2D eigenvalue weighted by atomic mass is 16.6. The molecule has 3 heteroatoms. The zero-order valence-electron chi connectivity index (χ0n) is 10.9. The van der Waals surface area contributed by atoms with Gasteiger partial charge in [-0.05, 0) is 17.8 Å². The topological polar surface area (TPSA) is 18.5 Å². The highest BCUT2D eigenvalue weighted by Gasteiger charge is 2.33. The summed E-state index contributed by atoms with van der Waals surface area (Å²) in [5.41, 5.74) is 1.26. The molecule has 17 heavy (non-hydrogen) atoms. The molecule has 1 aliphatic heterocycles. The van der Waals surface area contributed by atoms with E-state index in [1.807, 2.05) is 6.07 Å². The lowest BCUT2D eigenvalue weighted by Gasteiger charge is -2.34. The highest BCUT2D eigenvalue weighted by Crippen LogP contribution is 2.32. The first-order valence-corrected chi connectivity index (χ1v) is 6.49. The maximum atomic E-state index is 6.07. The average molecular weight is 232 g/mol. The third-order valence-corrected chi connectivity index (χ3v) is 3.15. The fourth-order valence-corrected chi connectivity index (χ4v) is 2.24. The van der Waals surface area contributed by atoms with Gasteiger partial charge in [0.05, 0.1) is 6.10 Å². The van der Waals surface area contributed by atoms with E-state index in [9.17, 15) is 0 Å². The van der Waals surface area contributed by atoms with Crippen LogP contribution in [-0.4, -0.2) is 13.7 Å². The van der Waals surface area contributed by atoms with Crippen molar-refractivity contribution in [1.82, 2.24) is 0 Å². The van der Waals surface area contributed by atoms with Gasteiger partial charge in [0, 0.05) is 12.5 Å². The lowest BCUT2D eigenvalue weighted by Crippen LogP contribution is -2.37. The Morgan fingerprint density at radius 3 is 2.65 bits per heavy atom. The van der Waals surface area contributed by atoms with Crippen molar-refractivity contribution in [2.45, 2.75) is 33.2 Å². The van der Waals surface area contributed by atoms with Gasteiger partial charge in [0.25, 0.3) is 0 Å². The molecule has 0 bridgehead atoms. The first kappa shape index (κ1) is 12.7. The normalized spacial score (nSPS) is 25.3. The monoisotopic (exact) mass is 232 g/mol. The van der Waals surface area contributed by atoms with E-state index in [1.54, 1.807) is 0 Å². The zero-order chi connectivity index (χ0) is 12.3. The molecule has 1 aliphatic rings. The van der Waals surface area contributed by atoms with Crippen molar-refractivity contribution in [2.24, 2.45) is 11.8 Å². The molecule has 0 N–H and O–H groups in total. The molecular formula is C14H21BO2. The number of benzene rings is 1. The summed E-state index contributed by atoms with van der Waals surface area (Å²) in [6.07, 6.45) is 1.14. The molecule has 0 aromatic heterocycles. The smallest absolute Gasteiger partial charge is 0.411 e. The van der Waals surface area contributed by atoms with Crippen molar-refractivity contribution in [2.75, 3.05) is 6.61 Å². The second-order valence-corrected chi connectivity index (χ2v) is 5.34. The average Bonchev–Trinajstić information content (AvgIpc) is 2.32. The van der Waals surface area contributed by atoms with Gasteiger partial charge in [-0.1, -0.05) is 51.1 Å². The molecule has 2 rings (SSSR count). The van der Waals surface area contributed by atoms with Crippen molar-refractivity contribution in [3.05, 3.63) is 35.9 Å². The second-order valence-electron chi connectivity index (χ2n) is 5.34. The van der Waals surface area contributed by atoms with Gasteiger partial charge >= 0.3 is 7.12 Å². The Kier molecular flexibility index (Phi) is 4.24.